The summed E-state index contributed by atoms with van der Waals surface area (Å²) in [5, 5.41) is 0. The summed E-state index contributed by atoms with van der Waals surface area (Å²) in [6.07, 6.45) is 1.01. The number of nitrogens with zero attached hydrogens (tertiary/aromatic N) is 1. The van der Waals surface area contributed by atoms with Crippen molar-refractivity contribution < 1.29 is 4.74 Å². The van der Waals surface area contributed by atoms with Gasteiger partial charge in [-0.2, -0.15) is 0 Å². The first-order valence-corrected chi connectivity index (χ1v) is 7.09. The molecular weight excluding hydrogens is 292 g/mol. The number of benzene rings is 1. The Morgan fingerprint density at radius 2 is 2.17 bits per heavy atom. The van der Waals surface area contributed by atoms with Gasteiger partial charge in [0.25, 0.3) is 0 Å². The van der Waals surface area contributed by atoms with E-state index in [1.807, 2.05) is 0 Å². The van der Waals surface area contributed by atoms with E-state index in [1.165, 1.54) is 11.1 Å². The van der Waals surface area contributed by atoms with Crippen molar-refractivity contribution in [2.24, 2.45) is 5.73 Å². The quantitative estimate of drug-likeness (QED) is 0.928. The van der Waals surface area contributed by atoms with E-state index in [4.69, 9.17) is 10.5 Å². The maximum atomic E-state index is 5.82. The third-order valence-corrected chi connectivity index (χ3v) is 4.22. The molecule has 0 radical (unpaired) electrons. The van der Waals surface area contributed by atoms with E-state index < -0.39 is 0 Å². The van der Waals surface area contributed by atoms with Gasteiger partial charge in [0.1, 0.15) is 5.75 Å². The molecule has 1 aromatic rings. The third kappa shape index (κ3) is 2.71. The van der Waals surface area contributed by atoms with Crippen molar-refractivity contribution in [1.29, 1.82) is 0 Å². The van der Waals surface area contributed by atoms with Gasteiger partial charge in [0, 0.05) is 35.1 Å². The van der Waals surface area contributed by atoms with Crippen molar-refractivity contribution >= 4 is 15.9 Å². The lowest BCUT2D eigenvalue weighted by atomic mass is 10.0. The highest BCUT2D eigenvalue weighted by Crippen LogP contribution is 2.34. The molecule has 1 aliphatic heterocycles. The minimum absolute atomic E-state index is 0.00615. The maximum Gasteiger partial charge on any atom is 0.127 e. The Morgan fingerprint density at radius 1 is 1.44 bits per heavy atom. The standard InChI is InChI=1S/C14H21BrN2O/c1-14(2,9-16)17(3)8-11-7-12(15)6-10-4-5-18-13(10)11/h6-7H,4-5,8-9,16H2,1-3H3. The SMILES string of the molecule is CN(Cc1cc(Br)cc2c1OCC2)C(C)(C)CN. The lowest BCUT2D eigenvalue weighted by Crippen LogP contribution is -2.46. The highest BCUT2D eigenvalue weighted by atomic mass is 79.9. The molecule has 0 bridgehead atoms. The largest absolute Gasteiger partial charge is 0.493 e. The topological polar surface area (TPSA) is 38.5 Å². The third-order valence-electron chi connectivity index (χ3n) is 3.77. The van der Waals surface area contributed by atoms with Crippen molar-refractivity contribution in [3.05, 3.63) is 27.7 Å². The molecule has 0 saturated heterocycles. The summed E-state index contributed by atoms with van der Waals surface area (Å²) >= 11 is 3.57. The van der Waals surface area contributed by atoms with E-state index in [0.717, 1.165) is 29.8 Å². The second-order valence-corrected chi connectivity index (χ2v) is 6.44. The van der Waals surface area contributed by atoms with E-state index in [2.05, 4.69) is 53.9 Å². The van der Waals surface area contributed by atoms with Crippen LogP contribution in [0.5, 0.6) is 5.75 Å². The molecule has 1 aromatic carbocycles. The molecule has 0 spiro atoms. The Morgan fingerprint density at radius 3 is 2.83 bits per heavy atom. The molecule has 0 unspecified atom stereocenters. The first-order chi connectivity index (χ1) is 8.44. The molecule has 0 aliphatic carbocycles. The Kier molecular flexibility index (Phi) is 3.99. The van der Waals surface area contributed by atoms with E-state index in [1.54, 1.807) is 0 Å². The van der Waals surface area contributed by atoms with Gasteiger partial charge in [0.2, 0.25) is 0 Å². The van der Waals surface area contributed by atoms with E-state index in [0.29, 0.717) is 6.54 Å². The van der Waals surface area contributed by atoms with Gasteiger partial charge in [-0.3, -0.25) is 4.90 Å². The second kappa shape index (κ2) is 5.19. The number of halogens is 1. The van der Waals surface area contributed by atoms with Crippen LogP contribution in [0.2, 0.25) is 0 Å². The van der Waals surface area contributed by atoms with Gasteiger partial charge in [-0.25, -0.2) is 0 Å². The van der Waals surface area contributed by atoms with Gasteiger partial charge in [0.15, 0.2) is 0 Å². The van der Waals surface area contributed by atoms with Crippen LogP contribution in [-0.4, -0.2) is 30.6 Å². The van der Waals surface area contributed by atoms with E-state index in [9.17, 15) is 0 Å². The number of hydrogen-bond acceptors (Lipinski definition) is 3. The van der Waals surface area contributed by atoms with Gasteiger partial charge >= 0.3 is 0 Å². The van der Waals surface area contributed by atoms with Crippen LogP contribution in [-0.2, 0) is 13.0 Å². The summed E-state index contributed by atoms with van der Waals surface area (Å²) in [6, 6.07) is 4.30. The zero-order valence-electron chi connectivity index (χ0n) is 11.3. The van der Waals surface area contributed by atoms with Crippen molar-refractivity contribution in [3.63, 3.8) is 0 Å². The van der Waals surface area contributed by atoms with Crippen LogP contribution in [0.4, 0.5) is 0 Å². The number of ether oxygens (including phenoxy) is 1. The molecule has 100 valence electrons. The average Bonchev–Trinajstić information content (AvgIpc) is 2.76. The monoisotopic (exact) mass is 312 g/mol. The molecule has 0 atom stereocenters. The molecular formula is C14H21BrN2O. The summed E-state index contributed by atoms with van der Waals surface area (Å²) in [4.78, 5) is 2.27. The summed E-state index contributed by atoms with van der Waals surface area (Å²) in [5.74, 6) is 1.07. The molecule has 3 nitrogen and oxygen atoms in total. The van der Waals surface area contributed by atoms with Crippen LogP contribution in [0.15, 0.2) is 16.6 Å². The Labute approximate surface area is 117 Å². The summed E-state index contributed by atoms with van der Waals surface area (Å²) in [7, 11) is 2.11. The zero-order chi connectivity index (χ0) is 13.3. The maximum absolute atomic E-state index is 5.82. The lowest BCUT2D eigenvalue weighted by Gasteiger charge is -2.34. The van der Waals surface area contributed by atoms with Gasteiger partial charge < -0.3 is 10.5 Å². The molecule has 1 heterocycles. The average molecular weight is 313 g/mol. The van der Waals surface area contributed by atoms with Crippen molar-refractivity contribution in [2.45, 2.75) is 32.4 Å². The first kappa shape index (κ1) is 13.8. The molecule has 2 rings (SSSR count). The number of fused-ring (bicyclic) bond motifs is 1. The molecule has 2 N–H and O–H groups in total. The Balaban J connectivity index is 2.25. The number of nitrogens with two attached hydrogens (primary N) is 1. The van der Waals surface area contributed by atoms with Crippen LogP contribution in [0.1, 0.15) is 25.0 Å². The number of hydrogen-bond donors (Lipinski definition) is 1. The first-order valence-electron chi connectivity index (χ1n) is 6.29. The van der Waals surface area contributed by atoms with Crippen LogP contribution in [0, 0.1) is 0 Å². The lowest BCUT2D eigenvalue weighted by molar-refractivity contribution is 0.154. The molecule has 0 aromatic heterocycles. The van der Waals surface area contributed by atoms with Crippen LogP contribution >= 0.6 is 15.9 Å². The molecule has 0 amide bonds. The fourth-order valence-corrected chi connectivity index (χ4v) is 2.64. The Hall–Kier alpha value is -0.580. The zero-order valence-corrected chi connectivity index (χ0v) is 12.9. The van der Waals surface area contributed by atoms with Gasteiger partial charge in [-0.15, -0.1) is 0 Å². The second-order valence-electron chi connectivity index (χ2n) is 5.52. The normalized spacial score (nSPS) is 14.8. The number of rotatable bonds is 4. The molecule has 4 heteroatoms. The fourth-order valence-electron chi connectivity index (χ4n) is 2.09. The predicted molar refractivity (Wildman–Crippen MR) is 77.9 cm³/mol. The summed E-state index contributed by atoms with van der Waals surface area (Å²) in [5.41, 5.74) is 8.36. The number of likely N-dealkylation sites (N-methyl/N-ethyl adjacent to an activating group) is 1. The summed E-state index contributed by atoms with van der Waals surface area (Å²) in [6.45, 7) is 6.60. The van der Waals surface area contributed by atoms with Crippen LogP contribution in [0.3, 0.4) is 0 Å². The predicted octanol–water partition coefficient (Wildman–Crippen LogP) is 2.55. The van der Waals surface area contributed by atoms with Crippen molar-refractivity contribution in [3.8, 4) is 5.75 Å². The fraction of sp³-hybridized carbons (Fsp3) is 0.571. The van der Waals surface area contributed by atoms with E-state index in [-0.39, 0.29) is 5.54 Å². The smallest absolute Gasteiger partial charge is 0.127 e. The highest BCUT2D eigenvalue weighted by molar-refractivity contribution is 9.10. The van der Waals surface area contributed by atoms with Crippen LogP contribution < -0.4 is 10.5 Å². The van der Waals surface area contributed by atoms with Crippen LogP contribution in [0.25, 0.3) is 0 Å². The molecule has 18 heavy (non-hydrogen) atoms. The van der Waals surface area contributed by atoms with Gasteiger partial charge in [-0.05, 0) is 38.6 Å². The highest BCUT2D eigenvalue weighted by Gasteiger charge is 2.24. The van der Waals surface area contributed by atoms with E-state index >= 15 is 0 Å². The molecule has 1 aliphatic rings. The Bertz CT molecular complexity index is 446. The minimum Gasteiger partial charge on any atom is -0.493 e. The molecule has 0 saturated carbocycles. The van der Waals surface area contributed by atoms with Crippen molar-refractivity contribution in [1.82, 2.24) is 4.90 Å². The van der Waals surface area contributed by atoms with Gasteiger partial charge in [-0.1, -0.05) is 15.9 Å². The summed E-state index contributed by atoms with van der Waals surface area (Å²) < 4.78 is 6.88. The molecule has 0 fully saturated rings. The van der Waals surface area contributed by atoms with Crippen molar-refractivity contribution in [2.75, 3.05) is 20.2 Å². The van der Waals surface area contributed by atoms with Gasteiger partial charge in [0.05, 0.1) is 6.61 Å². The minimum atomic E-state index is -0.00615.